The number of ether oxygens (including phenoxy) is 7. The summed E-state index contributed by atoms with van der Waals surface area (Å²) in [5, 5.41) is 142. The first-order valence-corrected chi connectivity index (χ1v) is 14.1. The normalized spacial score (nSPS) is 52.9. The molecule has 1 unspecified atom stereocenters. The lowest BCUT2D eigenvalue weighted by molar-refractivity contribution is -0.387. The molecule has 0 spiro atoms. The van der Waals surface area contributed by atoms with Gasteiger partial charge in [-0.3, -0.25) is 0 Å². The highest BCUT2D eigenvalue weighted by Gasteiger charge is 2.55. The second kappa shape index (κ2) is 15.6. The lowest BCUT2D eigenvalue weighted by atomic mass is 9.95. The monoisotopic (exact) mass is 666 g/mol. The first kappa shape index (κ1) is 37.0. The Kier molecular flexibility index (Phi) is 12.8. The summed E-state index contributed by atoms with van der Waals surface area (Å²) in [6.07, 6.45) is -35.3. The van der Waals surface area contributed by atoms with Crippen LogP contribution in [0.3, 0.4) is 0 Å². The van der Waals surface area contributed by atoms with Gasteiger partial charge in [-0.25, -0.2) is 0 Å². The maximum Gasteiger partial charge on any atom is 0.187 e. The maximum atomic E-state index is 10.9. The number of hydrogen-bond acceptors (Lipinski definition) is 21. The van der Waals surface area contributed by atoms with Gasteiger partial charge in [0.1, 0.15) is 97.7 Å². The topological polar surface area (TPSA) is 348 Å². The van der Waals surface area contributed by atoms with Gasteiger partial charge in [0, 0.05) is 0 Å². The largest absolute Gasteiger partial charge is 0.394 e. The van der Waals surface area contributed by atoms with Crippen LogP contribution in [0.15, 0.2) is 0 Å². The molecular formula is C24H42O21. The van der Waals surface area contributed by atoms with E-state index in [1.54, 1.807) is 0 Å². The van der Waals surface area contributed by atoms with Crippen LogP contribution in [0.25, 0.3) is 0 Å². The Bertz CT molecular complexity index is 910. The van der Waals surface area contributed by atoms with Crippen LogP contribution in [0.2, 0.25) is 0 Å². The third kappa shape index (κ3) is 7.44. The summed E-state index contributed by atoms with van der Waals surface area (Å²) in [4.78, 5) is 0. The van der Waals surface area contributed by atoms with Crippen molar-refractivity contribution in [2.75, 3.05) is 26.4 Å². The molecule has 21 nitrogen and oxygen atoms in total. The third-order valence-electron chi connectivity index (χ3n) is 8.20. The molecule has 0 aromatic heterocycles. The number of aliphatic hydroxyl groups excluding tert-OH is 14. The average molecular weight is 667 g/mol. The van der Waals surface area contributed by atoms with Crippen molar-refractivity contribution in [3.8, 4) is 0 Å². The first-order chi connectivity index (χ1) is 21.3. The van der Waals surface area contributed by atoms with Gasteiger partial charge in [0.25, 0.3) is 0 Å². The van der Waals surface area contributed by atoms with Gasteiger partial charge in [0.05, 0.1) is 26.4 Å². The van der Waals surface area contributed by atoms with Crippen LogP contribution in [0, 0.1) is 0 Å². The molecule has 14 N–H and O–H groups in total. The SMILES string of the molecule is OC[C@H]1O[C@@H](O[C@H]2[C@H](O)[C@H](O)[C@H](O[C@H]3[C@H](O)[C@H](O)[C@H](O[C@H]4[C@H](O)[C@H](O)C(O)O[C@@H]4CO)O[C@@H]3CO)O[C@@H]2CO)[C@@H](O)[C@@H](O)[C@@H]1O. The highest BCUT2D eigenvalue weighted by atomic mass is 16.8. The molecule has 4 heterocycles. The smallest absolute Gasteiger partial charge is 0.187 e. The van der Waals surface area contributed by atoms with Crippen molar-refractivity contribution in [2.45, 2.75) is 123 Å². The highest BCUT2D eigenvalue weighted by molar-refractivity contribution is 4.97. The molecular weight excluding hydrogens is 624 g/mol. The molecule has 20 atom stereocenters. The van der Waals surface area contributed by atoms with Gasteiger partial charge in [-0.05, 0) is 0 Å². The molecule has 0 aromatic carbocycles. The Labute approximate surface area is 254 Å². The van der Waals surface area contributed by atoms with E-state index in [0.29, 0.717) is 0 Å². The molecule has 4 aliphatic heterocycles. The minimum absolute atomic E-state index is 0.784. The lowest BCUT2D eigenvalue weighted by Crippen LogP contribution is -2.67. The van der Waals surface area contributed by atoms with Crippen LogP contribution in [0.4, 0.5) is 0 Å². The Morgan fingerprint density at radius 1 is 0.333 bits per heavy atom. The van der Waals surface area contributed by atoms with E-state index < -0.39 is 149 Å². The first-order valence-electron chi connectivity index (χ1n) is 14.1. The van der Waals surface area contributed by atoms with Crippen molar-refractivity contribution in [1.82, 2.24) is 0 Å². The van der Waals surface area contributed by atoms with E-state index >= 15 is 0 Å². The molecule has 21 heteroatoms. The summed E-state index contributed by atoms with van der Waals surface area (Å²) in [5.41, 5.74) is 0. The van der Waals surface area contributed by atoms with E-state index in [-0.39, 0.29) is 0 Å². The molecule has 4 fully saturated rings. The fraction of sp³-hybridized carbons (Fsp3) is 1.00. The molecule has 0 aliphatic carbocycles. The fourth-order valence-corrected chi connectivity index (χ4v) is 5.55. The van der Waals surface area contributed by atoms with Crippen molar-refractivity contribution >= 4 is 0 Å². The number of aliphatic hydroxyl groups is 14. The van der Waals surface area contributed by atoms with Crippen LogP contribution in [-0.4, -0.2) is 221 Å². The summed E-state index contributed by atoms with van der Waals surface area (Å²) in [6.45, 7) is -3.39. The van der Waals surface area contributed by atoms with Gasteiger partial charge >= 0.3 is 0 Å². The van der Waals surface area contributed by atoms with Crippen molar-refractivity contribution in [1.29, 1.82) is 0 Å². The Morgan fingerprint density at radius 2 is 0.644 bits per heavy atom. The summed E-state index contributed by atoms with van der Waals surface area (Å²) in [6, 6.07) is 0. The van der Waals surface area contributed by atoms with Gasteiger partial charge in [0.15, 0.2) is 25.2 Å². The van der Waals surface area contributed by atoms with Crippen molar-refractivity contribution in [3.63, 3.8) is 0 Å². The van der Waals surface area contributed by atoms with Gasteiger partial charge in [-0.15, -0.1) is 0 Å². The molecule has 4 saturated heterocycles. The third-order valence-corrected chi connectivity index (χ3v) is 8.20. The molecule has 0 aromatic rings. The lowest BCUT2D eigenvalue weighted by Gasteiger charge is -2.49. The predicted octanol–water partition coefficient (Wildman–Crippen LogP) is -9.75. The maximum absolute atomic E-state index is 10.9. The zero-order chi connectivity index (χ0) is 33.3. The quantitative estimate of drug-likeness (QED) is 0.103. The zero-order valence-electron chi connectivity index (χ0n) is 23.5. The van der Waals surface area contributed by atoms with Crippen molar-refractivity contribution in [3.05, 3.63) is 0 Å². The molecule has 4 rings (SSSR count). The van der Waals surface area contributed by atoms with E-state index in [9.17, 15) is 71.5 Å². The van der Waals surface area contributed by atoms with E-state index in [1.165, 1.54) is 0 Å². The molecule has 45 heavy (non-hydrogen) atoms. The van der Waals surface area contributed by atoms with Crippen LogP contribution < -0.4 is 0 Å². The second-order valence-electron chi connectivity index (χ2n) is 11.1. The molecule has 264 valence electrons. The summed E-state index contributed by atoms with van der Waals surface area (Å²) >= 11 is 0. The van der Waals surface area contributed by atoms with Crippen LogP contribution in [-0.2, 0) is 33.2 Å². The van der Waals surface area contributed by atoms with E-state index in [1.807, 2.05) is 0 Å². The Hall–Kier alpha value is -0.840. The predicted molar refractivity (Wildman–Crippen MR) is 134 cm³/mol. The Balaban J connectivity index is 1.43. The van der Waals surface area contributed by atoms with E-state index in [0.717, 1.165) is 0 Å². The van der Waals surface area contributed by atoms with E-state index in [2.05, 4.69) is 0 Å². The highest BCUT2D eigenvalue weighted by Crippen LogP contribution is 2.34. The van der Waals surface area contributed by atoms with Crippen LogP contribution >= 0.6 is 0 Å². The van der Waals surface area contributed by atoms with Crippen LogP contribution in [0.5, 0.6) is 0 Å². The minimum Gasteiger partial charge on any atom is -0.394 e. The minimum atomic E-state index is -2.02. The van der Waals surface area contributed by atoms with Gasteiger partial charge in [-0.2, -0.15) is 0 Å². The molecule has 0 radical (unpaired) electrons. The zero-order valence-corrected chi connectivity index (χ0v) is 23.5. The molecule has 4 aliphatic rings. The molecule has 0 amide bonds. The summed E-state index contributed by atoms with van der Waals surface area (Å²) in [7, 11) is 0. The summed E-state index contributed by atoms with van der Waals surface area (Å²) < 4.78 is 37.7. The summed E-state index contributed by atoms with van der Waals surface area (Å²) in [5.74, 6) is 0. The van der Waals surface area contributed by atoms with Crippen LogP contribution in [0.1, 0.15) is 0 Å². The average Bonchev–Trinajstić information content (AvgIpc) is 3.03. The van der Waals surface area contributed by atoms with Crippen molar-refractivity contribution < 1.29 is 105 Å². The standard InChI is InChI=1S/C24H42O21/c25-1-5-9(29)10(30)15(35)22(40-5)44-19-7(3-27)42-24(17(37)12(19)32)45-20-8(4-28)41-23(16(36)13(20)33)43-18-6(2-26)39-21(38)14(34)11(18)31/h5-38H,1-4H2/t5-,6-,7-,8-,9-,10+,11-,12-,13-,14+,15+,16+,17+,18-,19-,20-,21?,22+,23+,24+/m1/s1. The fourth-order valence-electron chi connectivity index (χ4n) is 5.55. The number of rotatable bonds is 10. The van der Waals surface area contributed by atoms with Crippen molar-refractivity contribution in [2.24, 2.45) is 0 Å². The second-order valence-corrected chi connectivity index (χ2v) is 11.1. The number of hydrogen-bond donors (Lipinski definition) is 14. The van der Waals surface area contributed by atoms with Gasteiger partial charge in [-0.1, -0.05) is 0 Å². The van der Waals surface area contributed by atoms with Gasteiger partial charge in [0.2, 0.25) is 0 Å². The van der Waals surface area contributed by atoms with E-state index in [4.69, 9.17) is 33.2 Å². The molecule has 0 bridgehead atoms. The van der Waals surface area contributed by atoms with Gasteiger partial charge < -0.3 is 105 Å². The molecule has 0 saturated carbocycles. The Morgan fingerprint density at radius 3 is 1.02 bits per heavy atom.